The maximum atomic E-state index is 14.9. The Balaban J connectivity index is 1.77. The SMILES string of the molecule is CC(C)(C)c1cc(-c2ncc(F)c3ccc4c5ccccc5sc4c23)cc2ccccc12. The van der Waals surface area contributed by atoms with Crippen molar-refractivity contribution in [2.75, 3.05) is 0 Å². The van der Waals surface area contributed by atoms with E-state index in [1.807, 2.05) is 12.1 Å². The van der Waals surface area contributed by atoms with E-state index in [-0.39, 0.29) is 11.2 Å². The van der Waals surface area contributed by atoms with Crippen LogP contribution in [0.2, 0.25) is 0 Å². The average Bonchev–Trinajstić information content (AvgIpc) is 3.17. The van der Waals surface area contributed by atoms with Crippen LogP contribution in [0, 0.1) is 5.82 Å². The van der Waals surface area contributed by atoms with Gasteiger partial charge in [-0.05, 0) is 39.9 Å². The number of benzene rings is 4. The zero-order valence-electron chi connectivity index (χ0n) is 18.2. The van der Waals surface area contributed by atoms with Crippen molar-refractivity contribution in [1.82, 2.24) is 4.98 Å². The van der Waals surface area contributed by atoms with Gasteiger partial charge in [0.25, 0.3) is 0 Å². The molecule has 3 heteroatoms. The Labute approximate surface area is 190 Å². The van der Waals surface area contributed by atoms with Crippen molar-refractivity contribution in [2.24, 2.45) is 0 Å². The molecule has 0 saturated heterocycles. The van der Waals surface area contributed by atoms with Crippen LogP contribution < -0.4 is 0 Å². The highest BCUT2D eigenvalue weighted by Gasteiger charge is 2.21. The molecule has 32 heavy (non-hydrogen) atoms. The molecule has 0 fully saturated rings. The van der Waals surface area contributed by atoms with Crippen molar-refractivity contribution in [3.05, 3.63) is 90.4 Å². The van der Waals surface area contributed by atoms with Gasteiger partial charge in [0.2, 0.25) is 0 Å². The van der Waals surface area contributed by atoms with Gasteiger partial charge in [0.15, 0.2) is 0 Å². The fraction of sp³-hybridized carbons (Fsp3) is 0.138. The van der Waals surface area contributed by atoms with Crippen LogP contribution in [-0.4, -0.2) is 4.98 Å². The number of pyridine rings is 1. The van der Waals surface area contributed by atoms with Gasteiger partial charge in [-0.15, -0.1) is 11.3 Å². The Morgan fingerprint density at radius 3 is 2.31 bits per heavy atom. The van der Waals surface area contributed by atoms with Crippen LogP contribution in [-0.2, 0) is 5.41 Å². The Morgan fingerprint density at radius 2 is 1.50 bits per heavy atom. The van der Waals surface area contributed by atoms with Crippen molar-refractivity contribution < 1.29 is 4.39 Å². The van der Waals surface area contributed by atoms with Crippen LogP contribution in [0.5, 0.6) is 0 Å². The monoisotopic (exact) mass is 435 g/mol. The van der Waals surface area contributed by atoms with Crippen LogP contribution in [0.3, 0.4) is 0 Å². The van der Waals surface area contributed by atoms with E-state index >= 15 is 0 Å². The maximum absolute atomic E-state index is 14.9. The summed E-state index contributed by atoms with van der Waals surface area (Å²) in [7, 11) is 0. The number of halogens is 1. The molecule has 0 radical (unpaired) electrons. The molecule has 6 rings (SSSR count). The van der Waals surface area contributed by atoms with Crippen molar-refractivity contribution in [3.8, 4) is 11.3 Å². The molecule has 0 atom stereocenters. The van der Waals surface area contributed by atoms with Gasteiger partial charge in [-0.3, -0.25) is 4.98 Å². The quantitative estimate of drug-likeness (QED) is 0.251. The number of aromatic nitrogens is 1. The fourth-order valence-corrected chi connectivity index (χ4v) is 6.02. The Morgan fingerprint density at radius 1 is 0.781 bits per heavy atom. The molecule has 2 heterocycles. The lowest BCUT2D eigenvalue weighted by atomic mass is 9.82. The highest BCUT2D eigenvalue weighted by atomic mass is 32.1. The molecule has 4 aromatic carbocycles. The molecule has 0 bridgehead atoms. The number of hydrogen-bond acceptors (Lipinski definition) is 2. The van der Waals surface area contributed by atoms with Crippen LogP contribution in [0.15, 0.2) is 79.0 Å². The fourth-order valence-electron chi connectivity index (χ4n) is 4.77. The highest BCUT2D eigenvalue weighted by Crippen LogP contribution is 2.43. The molecular weight excluding hydrogens is 413 g/mol. The molecule has 0 spiro atoms. The zero-order chi connectivity index (χ0) is 22.0. The highest BCUT2D eigenvalue weighted by molar-refractivity contribution is 7.26. The molecule has 0 aliphatic carbocycles. The van der Waals surface area contributed by atoms with Crippen molar-refractivity contribution in [1.29, 1.82) is 0 Å². The van der Waals surface area contributed by atoms with Gasteiger partial charge < -0.3 is 0 Å². The second-order valence-corrected chi connectivity index (χ2v) is 10.5. The smallest absolute Gasteiger partial charge is 0.149 e. The Bertz CT molecular complexity index is 1670. The van der Waals surface area contributed by atoms with Crippen LogP contribution in [0.25, 0.3) is 53.0 Å². The van der Waals surface area contributed by atoms with Gasteiger partial charge in [0.1, 0.15) is 5.82 Å². The lowest BCUT2D eigenvalue weighted by Crippen LogP contribution is -2.12. The molecule has 0 unspecified atom stereocenters. The van der Waals surface area contributed by atoms with Crippen molar-refractivity contribution in [2.45, 2.75) is 26.2 Å². The largest absolute Gasteiger partial charge is 0.252 e. The minimum Gasteiger partial charge on any atom is -0.252 e. The van der Waals surface area contributed by atoms with E-state index in [1.54, 1.807) is 11.3 Å². The van der Waals surface area contributed by atoms with Gasteiger partial charge in [0.05, 0.1) is 11.9 Å². The minimum atomic E-state index is -0.278. The second kappa shape index (κ2) is 6.85. The average molecular weight is 436 g/mol. The van der Waals surface area contributed by atoms with Crippen LogP contribution in [0.4, 0.5) is 4.39 Å². The third kappa shape index (κ3) is 2.85. The molecular formula is C29H22FNS. The predicted octanol–water partition coefficient (Wildman–Crippen LogP) is 8.86. The Hall–Kier alpha value is -3.30. The summed E-state index contributed by atoms with van der Waals surface area (Å²) >= 11 is 1.72. The van der Waals surface area contributed by atoms with E-state index in [0.717, 1.165) is 26.7 Å². The van der Waals surface area contributed by atoms with E-state index in [9.17, 15) is 4.39 Å². The summed E-state index contributed by atoms with van der Waals surface area (Å²) in [5.74, 6) is -0.278. The molecule has 0 N–H and O–H groups in total. The lowest BCUT2D eigenvalue weighted by Gasteiger charge is -2.23. The molecule has 0 amide bonds. The van der Waals surface area contributed by atoms with E-state index in [0.29, 0.717) is 5.39 Å². The van der Waals surface area contributed by atoms with Gasteiger partial charge >= 0.3 is 0 Å². The summed E-state index contributed by atoms with van der Waals surface area (Å²) in [5, 5.41) is 6.32. The summed E-state index contributed by atoms with van der Waals surface area (Å²) in [5.41, 5.74) is 3.12. The number of fused-ring (bicyclic) bond motifs is 6. The van der Waals surface area contributed by atoms with Crippen LogP contribution in [0.1, 0.15) is 26.3 Å². The predicted molar refractivity (Wildman–Crippen MR) is 136 cm³/mol. The third-order valence-corrected chi connectivity index (χ3v) is 7.50. The molecule has 0 saturated carbocycles. The normalized spacial score (nSPS) is 12.4. The molecule has 2 aromatic heterocycles. The van der Waals surface area contributed by atoms with Gasteiger partial charge in [-0.25, -0.2) is 4.39 Å². The topological polar surface area (TPSA) is 12.9 Å². The second-order valence-electron chi connectivity index (χ2n) is 9.41. The standard InChI is InChI=1S/C29H22FNS/c1-29(2,3)23-15-18(14-17-8-4-5-9-19(17)23)27-26-22(24(30)16-31-27)13-12-21-20-10-6-7-11-25(20)32-28(21)26/h4-16H,1-3H3. The molecule has 0 aliphatic heterocycles. The summed E-state index contributed by atoms with van der Waals surface area (Å²) in [4.78, 5) is 4.66. The minimum absolute atomic E-state index is 0.0294. The molecule has 6 aromatic rings. The van der Waals surface area contributed by atoms with Gasteiger partial charge in [-0.1, -0.05) is 75.4 Å². The summed E-state index contributed by atoms with van der Waals surface area (Å²) in [6, 6.07) is 25.3. The first kappa shape index (κ1) is 19.4. The number of rotatable bonds is 1. The van der Waals surface area contributed by atoms with Crippen LogP contribution >= 0.6 is 11.3 Å². The first-order valence-electron chi connectivity index (χ1n) is 10.8. The lowest BCUT2D eigenvalue weighted by molar-refractivity contribution is 0.596. The number of hydrogen-bond donors (Lipinski definition) is 0. The van der Waals surface area contributed by atoms with E-state index in [1.165, 1.54) is 32.6 Å². The van der Waals surface area contributed by atoms with Gasteiger partial charge in [-0.2, -0.15) is 0 Å². The summed E-state index contributed by atoms with van der Waals surface area (Å²) in [6.07, 6.45) is 1.36. The van der Waals surface area contributed by atoms with E-state index < -0.39 is 0 Å². The first-order valence-corrected chi connectivity index (χ1v) is 11.7. The third-order valence-electron chi connectivity index (χ3n) is 6.29. The summed E-state index contributed by atoms with van der Waals surface area (Å²) in [6.45, 7) is 6.71. The summed E-state index contributed by atoms with van der Waals surface area (Å²) < 4.78 is 17.2. The van der Waals surface area contributed by atoms with E-state index in [2.05, 4.69) is 86.4 Å². The molecule has 156 valence electrons. The number of thiophene rings is 1. The van der Waals surface area contributed by atoms with E-state index in [4.69, 9.17) is 0 Å². The first-order chi connectivity index (χ1) is 15.4. The van der Waals surface area contributed by atoms with Gasteiger partial charge in [0, 0.05) is 36.5 Å². The molecule has 0 aliphatic rings. The Kier molecular flexibility index (Phi) is 4.15. The van der Waals surface area contributed by atoms with Crippen molar-refractivity contribution in [3.63, 3.8) is 0 Å². The molecule has 1 nitrogen and oxygen atoms in total. The zero-order valence-corrected chi connectivity index (χ0v) is 19.1. The number of nitrogens with zero attached hydrogens (tertiary/aromatic N) is 1. The maximum Gasteiger partial charge on any atom is 0.149 e. The van der Waals surface area contributed by atoms with Crippen molar-refractivity contribution >= 4 is 53.1 Å².